The van der Waals surface area contributed by atoms with E-state index in [9.17, 15) is 44.3 Å². The molecule has 0 unspecified atom stereocenters. The average Bonchev–Trinajstić information content (AvgIpc) is 2.06. The van der Waals surface area contributed by atoms with Gasteiger partial charge in [-0.2, -0.15) is 39.5 Å². The van der Waals surface area contributed by atoms with Crippen molar-refractivity contribution in [2.45, 2.75) is 24.9 Å². The molecule has 0 fully saturated rings. The van der Waals surface area contributed by atoms with Crippen LogP contribution in [0.3, 0.4) is 0 Å². The molecule has 0 aliphatic heterocycles. The number of carboxylic acid groups (broad SMARTS) is 1. The maximum atomic E-state index is 12.3. The SMILES string of the molecule is C=C(CC(C(F)(F)F)(C(F)(F)F)C(F)(F)F)C(=O)O. The maximum absolute atomic E-state index is 12.3. The Balaban J connectivity index is 6.12. The Kier molecular flexibility index (Phi) is 4.26. The summed E-state index contributed by atoms with van der Waals surface area (Å²) in [6.45, 7) is 2.28. The summed E-state index contributed by atoms with van der Waals surface area (Å²) in [6, 6.07) is 0. The molecule has 0 aromatic rings. The van der Waals surface area contributed by atoms with Crippen molar-refractivity contribution in [2.24, 2.45) is 5.41 Å². The molecule has 0 amide bonds. The summed E-state index contributed by atoms with van der Waals surface area (Å²) in [5, 5.41) is 8.14. The molecular weight excluding hydrogens is 299 g/mol. The summed E-state index contributed by atoms with van der Waals surface area (Å²) in [7, 11) is 0. The second kappa shape index (κ2) is 4.60. The first kappa shape index (κ1) is 17.6. The molecule has 0 saturated heterocycles. The zero-order valence-corrected chi connectivity index (χ0v) is 8.67. The van der Waals surface area contributed by atoms with E-state index in [0.717, 1.165) is 0 Å². The van der Waals surface area contributed by atoms with Crippen LogP contribution in [-0.4, -0.2) is 29.6 Å². The third kappa shape index (κ3) is 2.95. The van der Waals surface area contributed by atoms with E-state index in [4.69, 9.17) is 5.11 Å². The van der Waals surface area contributed by atoms with Crippen molar-refractivity contribution in [1.82, 2.24) is 0 Å². The van der Waals surface area contributed by atoms with Gasteiger partial charge in [-0.05, 0) is 0 Å². The van der Waals surface area contributed by atoms with E-state index >= 15 is 0 Å². The Morgan fingerprint density at radius 3 is 1.26 bits per heavy atom. The van der Waals surface area contributed by atoms with Crippen LogP contribution in [0.2, 0.25) is 0 Å². The van der Waals surface area contributed by atoms with Gasteiger partial charge in [-0.15, -0.1) is 0 Å². The van der Waals surface area contributed by atoms with Gasteiger partial charge in [0.1, 0.15) is 0 Å². The zero-order chi connectivity index (χ0) is 15.9. The number of carbonyl (C=O) groups is 1. The first-order valence-corrected chi connectivity index (χ1v) is 4.19. The maximum Gasteiger partial charge on any atom is 0.412 e. The Morgan fingerprint density at radius 2 is 1.11 bits per heavy atom. The summed E-state index contributed by atoms with van der Waals surface area (Å²) in [5.74, 6) is -2.39. The molecule has 0 bridgehead atoms. The van der Waals surface area contributed by atoms with Crippen molar-refractivity contribution >= 4 is 5.97 Å². The smallest absolute Gasteiger partial charge is 0.412 e. The van der Waals surface area contributed by atoms with Gasteiger partial charge in [-0.25, -0.2) is 4.79 Å². The lowest BCUT2D eigenvalue weighted by atomic mass is 9.79. The molecule has 11 heteroatoms. The van der Waals surface area contributed by atoms with Gasteiger partial charge in [0.25, 0.3) is 5.41 Å². The van der Waals surface area contributed by atoms with Crippen molar-refractivity contribution in [2.75, 3.05) is 0 Å². The largest absolute Gasteiger partial charge is 0.478 e. The average molecular weight is 304 g/mol. The van der Waals surface area contributed by atoms with Crippen LogP contribution in [0.25, 0.3) is 0 Å². The van der Waals surface area contributed by atoms with Gasteiger partial charge in [0.15, 0.2) is 0 Å². The predicted octanol–water partition coefficient (Wildman–Crippen LogP) is 3.69. The Hall–Kier alpha value is -1.42. The van der Waals surface area contributed by atoms with E-state index in [1.807, 2.05) is 0 Å². The number of carboxylic acids is 1. The van der Waals surface area contributed by atoms with E-state index in [1.54, 1.807) is 0 Å². The Morgan fingerprint density at radius 1 is 0.842 bits per heavy atom. The molecule has 0 rings (SSSR count). The molecule has 2 nitrogen and oxygen atoms in total. The molecule has 19 heavy (non-hydrogen) atoms. The Bertz CT molecular complexity index is 337. The fourth-order valence-electron chi connectivity index (χ4n) is 1.18. The molecule has 0 aliphatic carbocycles. The van der Waals surface area contributed by atoms with Gasteiger partial charge in [-0.3, -0.25) is 0 Å². The van der Waals surface area contributed by atoms with Gasteiger partial charge < -0.3 is 5.11 Å². The number of hydrogen-bond donors (Lipinski definition) is 1. The van der Waals surface area contributed by atoms with Crippen LogP contribution >= 0.6 is 0 Å². The van der Waals surface area contributed by atoms with Crippen molar-refractivity contribution in [1.29, 1.82) is 0 Å². The lowest BCUT2D eigenvalue weighted by Gasteiger charge is -2.38. The van der Waals surface area contributed by atoms with Crippen LogP contribution in [-0.2, 0) is 4.79 Å². The zero-order valence-electron chi connectivity index (χ0n) is 8.67. The van der Waals surface area contributed by atoms with E-state index in [0.29, 0.717) is 0 Å². The van der Waals surface area contributed by atoms with Crippen LogP contribution in [0.1, 0.15) is 6.42 Å². The minimum Gasteiger partial charge on any atom is -0.478 e. The molecular formula is C8H5F9O2. The fraction of sp³-hybridized carbons (Fsp3) is 0.625. The third-order valence-corrected chi connectivity index (χ3v) is 2.23. The fourth-order valence-corrected chi connectivity index (χ4v) is 1.18. The molecule has 0 saturated carbocycles. The summed E-state index contributed by atoms with van der Waals surface area (Å²) in [6.07, 6.45) is -23.2. The van der Waals surface area contributed by atoms with E-state index in [1.165, 1.54) is 0 Å². The number of aliphatic carboxylic acids is 1. The first-order valence-electron chi connectivity index (χ1n) is 4.19. The molecule has 1 N–H and O–H groups in total. The normalized spacial score (nSPS) is 14.4. The van der Waals surface area contributed by atoms with E-state index in [-0.39, 0.29) is 0 Å². The quantitative estimate of drug-likeness (QED) is 0.638. The van der Waals surface area contributed by atoms with Crippen molar-refractivity contribution in [3.8, 4) is 0 Å². The molecule has 0 aliphatic rings. The van der Waals surface area contributed by atoms with Crippen LogP contribution < -0.4 is 0 Å². The Labute approximate surface area is 99.0 Å². The topological polar surface area (TPSA) is 37.3 Å². The summed E-state index contributed by atoms with van der Waals surface area (Å²) >= 11 is 0. The first-order chi connectivity index (χ1) is 8.08. The van der Waals surface area contributed by atoms with Crippen molar-refractivity contribution in [3.63, 3.8) is 0 Å². The molecule has 0 aromatic heterocycles. The van der Waals surface area contributed by atoms with E-state index in [2.05, 4.69) is 6.58 Å². The molecule has 0 spiro atoms. The number of alkyl halides is 9. The second-order valence-corrected chi connectivity index (χ2v) is 3.48. The monoisotopic (exact) mass is 304 g/mol. The highest BCUT2D eigenvalue weighted by Gasteiger charge is 2.83. The number of rotatable bonds is 3. The molecule has 0 radical (unpaired) electrons. The van der Waals surface area contributed by atoms with Gasteiger partial charge >= 0.3 is 24.5 Å². The predicted molar refractivity (Wildman–Crippen MR) is 42.0 cm³/mol. The van der Waals surface area contributed by atoms with Crippen LogP contribution in [0.15, 0.2) is 12.2 Å². The van der Waals surface area contributed by atoms with Gasteiger partial charge in [0, 0.05) is 12.0 Å². The van der Waals surface area contributed by atoms with Crippen LogP contribution in [0, 0.1) is 5.41 Å². The third-order valence-electron chi connectivity index (χ3n) is 2.23. The lowest BCUT2D eigenvalue weighted by molar-refractivity contribution is -0.426. The van der Waals surface area contributed by atoms with Crippen molar-refractivity contribution < 1.29 is 49.4 Å². The minimum atomic E-state index is -6.78. The molecule has 0 aromatic carbocycles. The van der Waals surface area contributed by atoms with Crippen molar-refractivity contribution in [3.05, 3.63) is 12.2 Å². The molecule has 0 heterocycles. The van der Waals surface area contributed by atoms with Gasteiger partial charge in [-0.1, -0.05) is 6.58 Å². The highest BCUT2D eigenvalue weighted by Crippen LogP contribution is 2.62. The standard InChI is InChI=1S/C8H5F9O2/c1-3(4(18)19)2-5(6(9,10)11,7(12,13)14)8(15,16)17/h1-2H2,(H,18,19). The van der Waals surface area contributed by atoms with Gasteiger partial charge in [0.05, 0.1) is 0 Å². The highest BCUT2D eigenvalue weighted by atomic mass is 19.4. The van der Waals surface area contributed by atoms with E-state index < -0.39 is 41.9 Å². The lowest BCUT2D eigenvalue weighted by Crippen LogP contribution is -2.59. The molecule has 112 valence electrons. The number of hydrogen-bond acceptors (Lipinski definition) is 1. The summed E-state index contributed by atoms with van der Waals surface area (Å²) in [4.78, 5) is 10.2. The molecule has 0 atom stereocenters. The highest BCUT2D eigenvalue weighted by molar-refractivity contribution is 5.85. The number of halogens is 9. The van der Waals surface area contributed by atoms with Crippen LogP contribution in [0.4, 0.5) is 39.5 Å². The summed E-state index contributed by atoms with van der Waals surface area (Å²) in [5.41, 5.74) is -8.02. The minimum absolute atomic E-state index is 1.85. The second-order valence-electron chi connectivity index (χ2n) is 3.48. The van der Waals surface area contributed by atoms with Gasteiger partial charge in [0.2, 0.25) is 0 Å². The summed E-state index contributed by atoms with van der Waals surface area (Å²) < 4.78 is 111. The van der Waals surface area contributed by atoms with Crippen LogP contribution in [0.5, 0.6) is 0 Å².